The molecule has 2 aromatic rings. The summed E-state index contributed by atoms with van der Waals surface area (Å²) in [5.41, 5.74) is 2.12. The highest BCUT2D eigenvalue weighted by Gasteiger charge is 2.41. The standard InChI is InChI=1S/C26H31N3O5/c1-33-22-7-6-17(11-23(22)34-2)8-9-27-16-20(12-25(27)31)26(32)28-13-18-10-19(15-28)21-4-3-5-24(30)29(21)14-18/h3-7,11,18-20H,8-10,12-16H2,1-2H3/t18-,19+,20+/m1/s1. The first kappa shape index (κ1) is 22.5. The quantitative estimate of drug-likeness (QED) is 0.651. The van der Waals surface area contributed by atoms with Crippen molar-refractivity contribution in [1.29, 1.82) is 0 Å². The molecule has 0 radical (unpaired) electrons. The van der Waals surface area contributed by atoms with E-state index in [4.69, 9.17) is 9.47 Å². The maximum absolute atomic E-state index is 13.4. The van der Waals surface area contributed by atoms with Gasteiger partial charge < -0.3 is 23.8 Å². The average molecular weight is 466 g/mol. The van der Waals surface area contributed by atoms with E-state index in [1.807, 2.05) is 33.7 Å². The molecular weight excluding hydrogens is 434 g/mol. The molecule has 34 heavy (non-hydrogen) atoms. The van der Waals surface area contributed by atoms with Crippen LogP contribution in [0.15, 0.2) is 41.2 Å². The van der Waals surface area contributed by atoms with Gasteiger partial charge >= 0.3 is 0 Å². The number of piperidine rings is 1. The molecule has 2 saturated heterocycles. The van der Waals surface area contributed by atoms with Gasteiger partial charge in [0.25, 0.3) is 5.56 Å². The van der Waals surface area contributed by atoms with E-state index < -0.39 is 0 Å². The number of ether oxygens (including phenoxy) is 2. The Morgan fingerprint density at radius 1 is 1.00 bits per heavy atom. The molecule has 2 fully saturated rings. The van der Waals surface area contributed by atoms with Crippen molar-refractivity contribution >= 4 is 11.8 Å². The Morgan fingerprint density at radius 3 is 2.62 bits per heavy atom. The van der Waals surface area contributed by atoms with Crippen molar-refractivity contribution in [1.82, 2.24) is 14.4 Å². The van der Waals surface area contributed by atoms with Crippen LogP contribution in [0.1, 0.15) is 30.0 Å². The molecule has 5 rings (SSSR count). The highest BCUT2D eigenvalue weighted by Crippen LogP contribution is 2.36. The first-order chi connectivity index (χ1) is 16.5. The number of hydrogen-bond donors (Lipinski definition) is 0. The van der Waals surface area contributed by atoms with Gasteiger partial charge in [-0.3, -0.25) is 14.4 Å². The third-order valence-electron chi connectivity index (χ3n) is 7.47. The van der Waals surface area contributed by atoms with E-state index in [1.54, 1.807) is 31.3 Å². The lowest BCUT2D eigenvalue weighted by molar-refractivity contribution is -0.138. The topological polar surface area (TPSA) is 81.1 Å². The van der Waals surface area contributed by atoms with Crippen LogP contribution in [-0.2, 0) is 22.6 Å². The van der Waals surface area contributed by atoms with Gasteiger partial charge in [-0.1, -0.05) is 12.1 Å². The van der Waals surface area contributed by atoms with Crippen molar-refractivity contribution in [2.45, 2.75) is 31.7 Å². The fourth-order valence-corrected chi connectivity index (χ4v) is 5.79. The molecule has 4 heterocycles. The summed E-state index contributed by atoms with van der Waals surface area (Å²) in [6.07, 6.45) is 1.97. The zero-order valence-corrected chi connectivity index (χ0v) is 19.7. The van der Waals surface area contributed by atoms with Crippen molar-refractivity contribution in [3.8, 4) is 11.5 Å². The predicted molar refractivity (Wildman–Crippen MR) is 126 cm³/mol. The van der Waals surface area contributed by atoms with Gasteiger partial charge in [-0.25, -0.2) is 0 Å². The monoisotopic (exact) mass is 465 g/mol. The number of benzene rings is 1. The largest absolute Gasteiger partial charge is 0.493 e. The molecule has 0 N–H and O–H groups in total. The molecule has 3 aliphatic rings. The van der Waals surface area contributed by atoms with Crippen LogP contribution in [0.2, 0.25) is 0 Å². The molecule has 2 amide bonds. The average Bonchev–Trinajstić information content (AvgIpc) is 3.23. The minimum atomic E-state index is -0.297. The van der Waals surface area contributed by atoms with Gasteiger partial charge in [-0.2, -0.15) is 0 Å². The van der Waals surface area contributed by atoms with Crippen molar-refractivity contribution in [2.24, 2.45) is 11.8 Å². The number of carbonyl (C=O) groups is 2. The van der Waals surface area contributed by atoms with Crippen LogP contribution in [0.25, 0.3) is 0 Å². The Labute approximate surface area is 199 Å². The number of fused-ring (bicyclic) bond motifs is 4. The Kier molecular flexibility index (Phi) is 6.06. The lowest BCUT2D eigenvalue weighted by Crippen LogP contribution is -2.50. The molecule has 0 aliphatic carbocycles. The van der Waals surface area contributed by atoms with Crippen LogP contribution in [0.5, 0.6) is 11.5 Å². The van der Waals surface area contributed by atoms with Crippen molar-refractivity contribution in [3.05, 3.63) is 58.0 Å². The molecule has 3 atom stereocenters. The highest BCUT2D eigenvalue weighted by atomic mass is 16.5. The summed E-state index contributed by atoms with van der Waals surface area (Å²) in [6.45, 7) is 2.98. The minimum Gasteiger partial charge on any atom is -0.493 e. The van der Waals surface area contributed by atoms with Gasteiger partial charge in [0.05, 0.1) is 20.1 Å². The maximum atomic E-state index is 13.4. The summed E-state index contributed by atoms with van der Waals surface area (Å²) in [5, 5.41) is 0. The fourth-order valence-electron chi connectivity index (χ4n) is 5.79. The van der Waals surface area contributed by atoms with E-state index in [2.05, 4.69) is 0 Å². The maximum Gasteiger partial charge on any atom is 0.250 e. The molecule has 180 valence electrons. The molecule has 1 aromatic carbocycles. The number of likely N-dealkylation sites (tertiary alicyclic amines) is 2. The molecule has 8 heteroatoms. The van der Waals surface area contributed by atoms with Crippen LogP contribution in [0, 0.1) is 11.8 Å². The third-order valence-corrected chi connectivity index (χ3v) is 7.47. The fraction of sp³-hybridized carbons (Fsp3) is 0.500. The predicted octanol–water partition coefficient (Wildman–Crippen LogP) is 1.90. The number of rotatable bonds is 6. The molecule has 2 bridgehead atoms. The Balaban J connectivity index is 1.21. The van der Waals surface area contributed by atoms with Crippen LogP contribution >= 0.6 is 0 Å². The number of methoxy groups -OCH3 is 2. The van der Waals surface area contributed by atoms with Crippen molar-refractivity contribution < 1.29 is 19.1 Å². The SMILES string of the molecule is COc1ccc(CCN2C[C@@H](C(=O)N3C[C@H]4C[C@@H](C3)c3cccc(=O)n3C4)CC2=O)cc1OC. The highest BCUT2D eigenvalue weighted by molar-refractivity contribution is 5.89. The van der Waals surface area contributed by atoms with E-state index in [0.717, 1.165) is 17.7 Å². The van der Waals surface area contributed by atoms with Crippen molar-refractivity contribution in [3.63, 3.8) is 0 Å². The summed E-state index contributed by atoms with van der Waals surface area (Å²) in [4.78, 5) is 42.1. The van der Waals surface area contributed by atoms with E-state index in [0.29, 0.717) is 50.6 Å². The molecule has 0 saturated carbocycles. The lowest BCUT2D eigenvalue weighted by atomic mass is 9.82. The minimum absolute atomic E-state index is 0.0351. The molecule has 1 aromatic heterocycles. The number of carbonyl (C=O) groups excluding carboxylic acids is 2. The Morgan fingerprint density at radius 2 is 1.82 bits per heavy atom. The number of amides is 2. The smallest absolute Gasteiger partial charge is 0.250 e. The zero-order valence-electron chi connectivity index (χ0n) is 19.7. The molecule has 3 aliphatic heterocycles. The summed E-state index contributed by atoms with van der Waals surface area (Å²) in [7, 11) is 3.21. The summed E-state index contributed by atoms with van der Waals surface area (Å²) in [5.74, 6) is 1.62. The summed E-state index contributed by atoms with van der Waals surface area (Å²) in [6, 6.07) is 11.2. The number of pyridine rings is 1. The van der Waals surface area contributed by atoms with Crippen LogP contribution in [0.4, 0.5) is 0 Å². The molecule has 0 unspecified atom stereocenters. The van der Waals surface area contributed by atoms with Gasteiger partial charge in [0.1, 0.15) is 0 Å². The van der Waals surface area contributed by atoms with Crippen LogP contribution in [-0.4, -0.2) is 66.6 Å². The van der Waals surface area contributed by atoms with Gasteiger partial charge in [-0.15, -0.1) is 0 Å². The molecule has 8 nitrogen and oxygen atoms in total. The van der Waals surface area contributed by atoms with Gasteiger partial charge in [-0.05, 0) is 42.5 Å². The van der Waals surface area contributed by atoms with E-state index in [9.17, 15) is 14.4 Å². The first-order valence-corrected chi connectivity index (χ1v) is 11.9. The summed E-state index contributed by atoms with van der Waals surface area (Å²) < 4.78 is 12.5. The van der Waals surface area contributed by atoms with E-state index in [1.165, 1.54) is 0 Å². The number of aromatic nitrogens is 1. The van der Waals surface area contributed by atoms with Gasteiger partial charge in [0, 0.05) is 56.8 Å². The van der Waals surface area contributed by atoms with Crippen LogP contribution < -0.4 is 15.0 Å². The van der Waals surface area contributed by atoms with Gasteiger partial charge in [0.15, 0.2) is 11.5 Å². The number of nitrogens with zero attached hydrogens (tertiary/aromatic N) is 3. The Hall–Kier alpha value is -3.29. The second kappa shape index (κ2) is 9.16. The second-order valence-corrected chi connectivity index (χ2v) is 9.62. The molecule has 0 spiro atoms. The normalized spacial score (nSPS) is 23.6. The van der Waals surface area contributed by atoms with Gasteiger partial charge in [0.2, 0.25) is 11.8 Å². The molecular formula is C26H31N3O5. The van der Waals surface area contributed by atoms with E-state index in [-0.39, 0.29) is 41.5 Å². The Bertz CT molecular complexity index is 1160. The van der Waals surface area contributed by atoms with Crippen molar-refractivity contribution in [2.75, 3.05) is 40.4 Å². The lowest BCUT2D eigenvalue weighted by Gasteiger charge is -2.43. The second-order valence-electron chi connectivity index (χ2n) is 9.62. The van der Waals surface area contributed by atoms with E-state index >= 15 is 0 Å². The first-order valence-electron chi connectivity index (χ1n) is 11.9. The zero-order chi connectivity index (χ0) is 23.8. The van der Waals surface area contributed by atoms with Crippen LogP contribution in [0.3, 0.4) is 0 Å². The third kappa shape index (κ3) is 4.17. The summed E-state index contributed by atoms with van der Waals surface area (Å²) >= 11 is 0. The number of hydrogen-bond acceptors (Lipinski definition) is 5.